The molecule has 0 bridgehead atoms. The Bertz CT molecular complexity index is 339. The molecule has 1 aliphatic rings. The number of hydrogen-bond acceptors (Lipinski definition) is 0. The number of benzene rings is 1. The Morgan fingerprint density at radius 3 is 2.77 bits per heavy atom. The van der Waals surface area contributed by atoms with E-state index in [1.165, 1.54) is 42.8 Å². The van der Waals surface area contributed by atoms with Gasteiger partial charge in [-0.1, -0.05) is 0 Å². The van der Waals surface area contributed by atoms with Crippen LogP contribution in [-0.4, -0.2) is 0 Å². The van der Waals surface area contributed by atoms with Crippen LogP contribution >= 0.6 is 0 Å². The van der Waals surface area contributed by atoms with Gasteiger partial charge in [-0.3, -0.25) is 0 Å². The second-order valence-corrected chi connectivity index (χ2v) is 5.61. The third-order valence-corrected chi connectivity index (χ3v) is 5.01. The molecule has 0 saturated heterocycles. The summed E-state index contributed by atoms with van der Waals surface area (Å²) in [5.74, 6) is 0. The third-order valence-electron chi connectivity index (χ3n) is 2.56. The van der Waals surface area contributed by atoms with Crippen LogP contribution in [0.1, 0.15) is 34.6 Å². The Hall–Kier alpha value is -0.170. The van der Waals surface area contributed by atoms with Crippen molar-refractivity contribution in [1.29, 1.82) is 0 Å². The second kappa shape index (κ2) is 3.91. The maximum absolute atomic E-state index is 2.40. The summed E-state index contributed by atoms with van der Waals surface area (Å²) in [7, 11) is 0. The van der Waals surface area contributed by atoms with E-state index >= 15 is 0 Å². The van der Waals surface area contributed by atoms with E-state index in [0.717, 1.165) is 3.67 Å². The molecule has 1 aromatic rings. The molecule has 2 rings (SSSR count). The number of rotatable bonds is 2. The standard InChI is InChI=1S/C12H13.Hf/c1-2-5-10-8-11-6-3-4-7-12(11)9-10;/h3-4,6-9H,2,5H2,1H3;. The van der Waals surface area contributed by atoms with Crippen molar-refractivity contribution in [2.45, 2.75) is 23.4 Å². The van der Waals surface area contributed by atoms with Crippen molar-refractivity contribution in [3.8, 4) is 0 Å². The van der Waals surface area contributed by atoms with Crippen LogP contribution in [0.3, 0.4) is 0 Å². The quantitative estimate of drug-likeness (QED) is 0.726. The molecule has 1 atom stereocenters. The molecule has 13 heavy (non-hydrogen) atoms. The summed E-state index contributed by atoms with van der Waals surface area (Å²) in [5, 5.41) is 0. The summed E-state index contributed by atoms with van der Waals surface area (Å²) in [6.07, 6.45) is 4.96. The summed E-state index contributed by atoms with van der Waals surface area (Å²) in [6.45, 7) is 2.26. The Morgan fingerprint density at radius 2 is 2.08 bits per heavy atom. The zero-order valence-corrected chi connectivity index (χ0v) is 11.5. The molecule has 0 aliphatic heterocycles. The van der Waals surface area contributed by atoms with Crippen LogP contribution in [-0.2, 0) is 24.4 Å². The number of allylic oxidation sites excluding steroid dienone is 1. The van der Waals surface area contributed by atoms with E-state index in [2.05, 4.69) is 37.3 Å². The first-order valence-corrected chi connectivity index (χ1v) is 6.91. The van der Waals surface area contributed by atoms with E-state index in [4.69, 9.17) is 0 Å². The van der Waals surface area contributed by atoms with Crippen molar-refractivity contribution < 1.29 is 24.4 Å². The molecular formula is C12H13Hf. The number of hydrogen-bond donors (Lipinski definition) is 0. The summed E-state index contributed by atoms with van der Waals surface area (Å²) >= 11 is 1.26. The third kappa shape index (κ3) is 1.71. The molecule has 0 N–H and O–H groups in total. The van der Waals surface area contributed by atoms with E-state index in [1.807, 2.05) is 0 Å². The van der Waals surface area contributed by atoms with Gasteiger partial charge >= 0.3 is 94.9 Å². The zero-order chi connectivity index (χ0) is 9.26. The van der Waals surface area contributed by atoms with Gasteiger partial charge in [0.1, 0.15) is 0 Å². The first kappa shape index (κ1) is 9.39. The van der Waals surface area contributed by atoms with Gasteiger partial charge in [-0.2, -0.15) is 0 Å². The molecule has 0 saturated carbocycles. The fourth-order valence-electron chi connectivity index (χ4n) is 1.89. The van der Waals surface area contributed by atoms with Crippen molar-refractivity contribution >= 4 is 6.08 Å². The van der Waals surface area contributed by atoms with Gasteiger partial charge in [-0.15, -0.1) is 0 Å². The zero-order valence-electron chi connectivity index (χ0n) is 7.88. The summed E-state index contributed by atoms with van der Waals surface area (Å²) < 4.78 is 0.788. The first-order chi connectivity index (χ1) is 6.33. The molecule has 1 aromatic carbocycles. The van der Waals surface area contributed by atoms with Gasteiger partial charge in [-0.25, -0.2) is 0 Å². The minimum absolute atomic E-state index is 0.788. The van der Waals surface area contributed by atoms with Crippen molar-refractivity contribution in [2.75, 3.05) is 0 Å². The second-order valence-electron chi connectivity index (χ2n) is 3.53. The monoisotopic (exact) mass is 337 g/mol. The Labute approximate surface area is 94.6 Å². The normalized spacial score (nSPS) is 19.7. The SMILES string of the molecule is CCCC1=Cc2ccccc2[CH]1[Hf]. The summed E-state index contributed by atoms with van der Waals surface area (Å²) in [4.78, 5) is 0. The van der Waals surface area contributed by atoms with Gasteiger partial charge in [0, 0.05) is 0 Å². The van der Waals surface area contributed by atoms with Gasteiger partial charge in [0.25, 0.3) is 0 Å². The molecule has 0 fully saturated rings. The van der Waals surface area contributed by atoms with Crippen LogP contribution in [0.5, 0.6) is 0 Å². The average Bonchev–Trinajstić information content (AvgIpc) is 2.46. The molecule has 0 spiro atoms. The van der Waals surface area contributed by atoms with Gasteiger partial charge in [0.05, 0.1) is 0 Å². The van der Waals surface area contributed by atoms with Crippen molar-refractivity contribution in [3.05, 3.63) is 41.0 Å². The van der Waals surface area contributed by atoms with E-state index in [9.17, 15) is 0 Å². The van der Waals surface area contributed by atoms with Crippen LogP contribution in [0.4, 0.5) is 0 Å². The molecule has 65 valence electrons. The first-order valence-electron chi connectivity index (χ1n) is 4.83. The van der Waals surface area contributed by atoms with Crippen molar-refractivity contribution in [1.82, 2.24) is 0 Å². The van der Waals surface area contributed by atoms with Gasteiger partial charge < -0.3 is 0 Å². The van der Waals surface area contributed by atoms with Crippen LogP contribution in [0.25, 0.3) is 6.08 Å². The van der Waals surface area contributed by atoms with E-state index in [1.54, 1.807) is 11.1 Å². The molecule has 0 amide bonds. The molecule has 1 heteroatoms. The van der Waals surface area contributed by atoms with Crippen LogP contribution in [0.2, 0.25) is 0 Å². The van der Waals surface area contributed by atoms with E-state index in [-0.39, 0.29) is 0 Å². The minimum atomic E-state index is 0.788. The fourth-order valence-corrected chi connectivity index (χ4v) is 3.66. The van der Waals surface area contributed by atoms with Crippen LogP contribution in [0.15, 0.2) is 29.8 Å². The molecule has 1 unspecified atom stereocenters. The van der Waals surface area contributed by atoms with Crippen molar-refractivity contribution in [2.24, 2.45) is 0 Å². The Kier molecular flexibility index (Phi) is 2.83. The average molecular weight is 336 g/mol. The number of fused-ring (bicyclic) bond motifs is 1. The van der Waals surface area contributed by atoms with Crippen molar-refractivity contribution in [3.63, 3.8) is 0 Å². The van der Waals surface area contributed by atoms with Crippen LogP contribution in [0, 0.1) is 0 Å². The predicted octanol–water partition coefficient (Wildman–Crippen LogP) is 3.47. The molecule has 1 aliphatic carbocycles. The Balaban J connectivity index is 2.33. The molecule has 0 radical (unpaired) electrons. The predicted molar refractivity (Wildman–Crippen MR) is 52.1 cm³/mol. The van der Waals surface area contributed by atoms with E-state index in [0.29, 0.717) is 0 Å². The van der Waals surface area contributed by atoms with Gasteiger partial charge in [-0.05, 0) is 0 Å². The molecule has 0 aromatic heterocycles. The molecule has 0 heterocycles. The molecular weight excluding hydrogens is 323 g/mol. The van der Waals surface area contributed by atoms with E-state index < -0.39 is 0 Å². The fraction of sp³-hybridized carbons (Fsp3) is 0.333. The maximum atomic E-state index is 2.40. The molecule has 0 nitrogen and oxygen atoms in total. The summed E-state index contributed by atoms with van der Waals surface area (Å²) in [6, 6.07) is 8.82. The van der Waals surface area contributed by atoms with Crippen LogP contribution < -0.4 is 0 Å². The van der Waals surface area contributed by atoms with Gasteiger partial charge in [0.2, 0.25) is 0 Å². The topological polar surface area (TPSA) is 0 Å². The summed E-state index contributed by atoms with van der Waals surface area (Å²) in [5.41, 5.74) is 4.69. The Morgan fingerprint density at radius 1 is 1.31 bits per heavy atom. The van der Waals surface area contributed by atoms with Gasteiger partial charge in [0.15, 0.2) is 0 Å².